The van der Waals surface area contributed by atoms with Crippen LogP contribution in [0.2, 0.25) is 10.0 Å². The number of amides is 1. The minimum atomic E-state index is -0.349. The lowest BCUT2D eigenvalue weighted by Crippen LogP contribution is -2.20. The van der Waals surface area contributed by atoms with E-state index in [0.717, 1.165) is 0 Å². The van der Waals surface area contributed by atoms with E-state index in [4.69, 9.17) is 33.7 Å². The number of ether oxygens (including phenoxy) is 1. The zero-order chi connectivity index (χ0) is 15.4. The summed E-state index contributed by atoms with van der Waals surface area (Å²) in [5, 5.41) is 3.24. The molecule has 0 heterocycles. The van der Waals surface area contributed by atoms with Crippen LogP contribution in [0.15, 0.2) is 40.9 Å². The van der Waals surface area contributed by atoms with Crippen molar-refractivity contribution in [2.24, 2.45) is 0 Å². The molecular formula is C14H11BrCl2N2O2. The molecule has 0 saturated carbocycles. The standard InChI is InChI=1S/C14H11BrCl2N2O2/c15-10-4-5-11(14(17)13(10)16)19-12(20)7-21-9-3-1-2-8(18)6-9/h1-6H,7,18H2,(H,19,20). The number of nitrogens with one attached hydrogen (secondary N) is 1. The average Bonchev–Trinajstić information content (AvgIpc) is 2.46. The lowest BCUT2D eigenvalue weighted by atomic mass is 10.3. The number of rotatable bonds is 4. The molecule has 0 radical (unpaired) electrons. The molecule has 0 spiro atoms. The molecule has 0 bridgehead atoms. The van der Waals surface area contributed by atoms with Gasteiger partial charge in [0, 0.05) is 16.2 Å². The minimum Gasteiger partial charge on any atom is -0.484 e. The molecule has 7 heteroatoms. The molecule has 2 aromatic rings. The van der Waals surface area contributed by atoms with Crippen LogP contribution >= 0.6 is 39.1 Å². The maximum Gasteiger partial charge on any atom is 0.262 e. The van der Waals surface area contributed by atoms with Crippen molar-refractivity contribution in [3.8, 4) is 5.75 Å². The number of benzene rings is 2. The lowest BCUT2D eigenvalue weighted by Gasteiger charge is -2.10. The van der Waals surface area contributed by atoms with Crippen LogP contribution in [-0.4, -0.2) is 12.5 Å². The van der Waals surface area contributed by atoms with Crippen molar-refractivity contribution < 1.29 is 9.53 Å². The molecule has 0 fully saturated rings. The Kier molecular flexibility index (Phi) is 5.33. The van der Waals surface area contributed by atoms with E-state index in [1.807, 2.05) is 0 Å². The summed E-state index contributed by atoms with van der Waals surface area (Å²) in [6.45, 7) is -0.159. The van der Waals surface area contributed by atoms with Crippen molar-refractivity contribution in [2.45, 2.75) is 0 Å². The topological polar surface area (TPSA) is 64.3 Å². The van der Waals surface area contributed by atoms with E-state index in [2.05, 4.69) is 21.2 Å². The third kappa shape index (κ3) is 4.27. The van der Waals surface area contributed by atoms with Crippen molar-refractivity contribution >= 4 is 56.4 Å². The van der Waals surface area contributed by atoms with E-state index in [1.54, 1.807) is 36.4 Å². The third-order valence-electron chi connectivity index (χ3n) is 2.54. The van der Waals surface area contributed by atoms with Crippen molar-refractivity contribution in [3.05, 3.63) is 50.9 Å². The minimum absolute atomic E-state index is 0.159. The Hall–Kier alpha value is -1.43. The third-order valence-corrected chi connectivity index (χ3v) is 4.31. The van der Waals surface area contributed by atoms with Gasteiger partial charge < -0.3 is 15.8 Å². The summed E-state index contributed by atoms with van der Waals surface area (Å²) in [6.07, 6.45) is 0. The van der Waals surface area contributed by atoms with E-state index in [-0.39, 0.29) is 17.5 Å². The van der Waals surface area contributed by atoms with Crippen LogP contribution < -0.4 is 15.8 Å². The van der Waals surface area contributed by atoms with E-state index in [1.165, 1.54) is 0 Å². The van der Waals surface area contributed by atoms with Crippen LogP contribution in [0.25, 0.3) is 0 Å². The smallest absolute Gasteiger partial charge is 0.262 e. The van der Waals surface area contributed by atoms with Crippen LogP contribution in [0.4, 0.5) is 11.4 Å². The molecule has 0 unspecified atom stereocenters. The van der Waals surface area contributed by atoms with Crippen molar-refractivity contribution in [1.82, 2.24) is 0 Å². The van der Waals surface area contributed by atoms with Gasteiger partial charge in [0.15, 0.2) is 6.61 Å². The second-order valence-corrected chi connectivity index (χ2v) is 5.74. The Morgan fingerprint density at radius 1 is 1.24 bits per heavy atom. The van der Waals surface area contributed by atoms with Gasteiger partial charge in [-0.2, -0.15) is 0 Å². The zero-order valence-electron chi connectivity index (χ0n) is 10.7. The number of carbonyl (C=O) groups excluding carboxylic acids is 1. The lowest BCUT2D eigenvalue weighted by molar-refractivity contribution is -0.118. The van der Waals surface area contributed by atoms with E-state index >= 15 is 0 Å². The fourth-order valence-electron chi connectivity index (χ4n) is 1.56. The maximum absolute atomic E-state index is 11.8. The highest BCUT2D eigenvalue weighted by atomic mass is 79.9. The second-order valence-electron chi connectivity index (χ2n) is 4.13. The largest absolute Gasteiger partial charge is 0.484 e. The Morgan fingerprint density at radius 3 is 2.71 bits per heavy atom. The highest BCUT2D eigenvalue weighted by Crippen LogP contribution is 2.35. The highest BCUT2D eigenvalue weighted by Gasteiger charge is 2.11. The zero-order valence-corrected chi connectivity index (χ0v) is 13.8. The summed E-state index contributed by atoms with van der Waals surface area (Å²) in [4.78, 5) is 11.8. The van der Waals surface area contributed by atoms with Gasteiger partial charge >= 0.3 is 0 Å². The maximum atomic E-state index is 11.8. The number of anilines is 2. The average molecular weight is 390 g/mol. The molecule has 2 rings (SSSR count). The van der Waals surface area contributed by atoms with Crippen LogP contribution in [-0.2, 0) is 4.79 Å². The van der Waals surface area contributed by atoms with E-state index in [9.17, 15) is 4.79 Å². The molecule has 2 aromatic carbocycles. The molecule has 0 aliphatic carbocycles. The summed E-state index contributed by atoms with van der Waals surface area (Å²) < 4.78 is 5.99. The molecule has 3 N–H and O–H groups in total. The number of hydrogen-bond donors (Lipinski definition) is 2. The predicted octanol–water partition coefficient (Wildman–Crippen LogP) is 4.36. The first kappa shape index (κ1) is 15.9. The molecule has 21 heavy (non-hydrogen) atoms. The molecule has 1 amide bonds. The number of carbonyl (C=O) groups is 1. The van der Waals surface area contributed by atoms with Gasteiger partial charge in [-0.1, -0.05) is 29.3 Å². The van der Waals surface area contributed by atoms with Gasteiger partial charge in [0.2, 0.25) is 0 Å². The van der Waals surface area contributed by atoms with Crippen molar-refractivity contribution in [3.63, 3.8) is 0 Å². The number of halogens is 3. The quantitative estimate of drug-likeness (QED) is 0.603. The van der Waals surface area contributed by atoms with Gasteiger partial charge in [-0.05, 0) is 40.2 Å². The molecular weight excluding hydrogens is 379 g/mol. The molecule has 110 valence electrons. The van der Waals surface area contributed by atoms with Crippen LogP contribution in [0.5, 0.6) is 5.75 Å². The SMILES string of the molecule is Nc1cccc(OCC(=O)Nc2ccc(Br)c(Cl)c2Cl)c1. The van der Waals surface area contributed by atoms with Gasteiger partial charge in [0.25, 0.3) is 5.91 Å². The van der Waals surface area contributed by atoms with E-state index < -0.39 is 0 Å². The van der Waals surface area contributed by atoms with Crippen LogP contribution in [0, 0.1) is 0 Å². The monoisotopic (exact) mass is 388 g/mol. The number of hydrogen-bond acceptors (Lipinski definition) is 3. The highest BCUT2D eigenvalue weighted by molar-refractivity contribution is 9.10. The normalized spacial score (nSPS) is 10.2. The Bertz CT molecular complexity index is 680. The van der Waals surface area contributed by atoms with Crippen molar-refractivity contribution in [1.29, 1.82) is 0 Å². The first-order chi connectivity index (χ1) is 9.97. The number of nitrogen functional groups attached to an aromatic ring is 1. The van der Waals surface area contributed by atoms with Gasteiger partial charge in [0.05, 0.1) is 15.7 Å². The van der Waals surface area contributed by atoms with Crippen LogP contribution in [0.1, 0.15) is 0 Å². The first-order valence-electron chi connectivity index (χ1n) is 5.89. The summed E-state index contributed by atoms with van der Waals surface area (Å²) in [5.74, 6) is 0.169. The molecule has 0 atom stereocenters. The summed E-state index contributed by atoms with van der Waals surface area (Å²) in [7, 11) is 0. The summed E-state index contributed by atoms with van der Waals surface area (Å²) in [5.41, 5.74) is 6.61. The second kappa shape index (κ2) is 7.02. The predicted molar refractivity (Wildman–Crippen MR) is 89.1 cm³/mol. The molecule has 0 aliphatic rings. The Balaban J connectivity index is 1.98. The van der Waals surface area contributed by atoms with Gasteiger partial charge in [-0.15, -0.1) is 0 Å². The molecule has 0 aliphatic heterocycles. The summed E-state index contributed by atoms with van der Waals surface area (Å²) in [6, 6.07) is 10.2. The Morgan fingerprint density at radius 2 is 2.00 bits per heavy atom. The molecule has 0 aromatic heterocycles. The number of nitrogens with two attached hydrogens (primary N) is 1. The fourth-order valence-corrected chi connectivity index (χ4v) is 2.38. The summed E-state index contributed by atoms with van der Waals surface area (Å²) >= 11 is 15.3. The van der Waals surface area contributed by atoms with E-state index in [0.29, 0.717) is 26.6 Å². The Labute approximate surface area is 140 Å². The first-order valence-corrected chi connectivity index (χ1v) is 7.44. The van der Waals surface area contributed by atoms with Gasteiger partial charge in [0.1, 0.15) is 5.75 Å². The fraction of sp³-hybridized carbons (Fsp3) is 0.0714. The van der Waals surface area contributed by atoms with Gasteiger partial charge in [-0.3, -0.25) is 4.79 Å². The van der Waals surface area contributed by atoms with Gasteiger partial charge in [-0.25, -0.2) is 0 Å². The van der Waals surface area contributed by atoms with Crippen LogP contribution in [0.3, 0.4) is 0 Å². The van der Waals surface area contributed by atoms with Crippen molar-refractivity contribution in [2.75, 3.05) is 17.7 Å². The molecule has 4 nitrogen and oxygen atoms in total. The molecule has 0 saturated heterocycles.